The fraction of sp³-hybridized carbons (Fsp3) is 0.227. The number of carbonyl (C=O) groups is 3. The molecule has 0 spiro atoms. The third kappa shape index (κ3) is 4.37. The zero-order valence-electron chi connectivity index (χ0n) is 18.9. The Labute approximate surface area is 212 Å². The van der Waals surface area contributed by atoms with Gasteiger partial charge in [-0.15, -0.1) is 0 Å². The molecule has 0 aromatic carbocycles. The second-order valence-corrected chi connectivity index (χ2v) is 9.25. The number of aliphatic imine (C=N–C) groups is 1. The first-order valence-electron chi connectivity index (χ1n) is 11.1. The van der Waals surface area contributed by atoms with E-state index in [2.05, 4.69) is 51.5 Å². The lowest BCUT2D eigenvalue weighted by atomic mass is 10.0. The number of guanidine groups is 1. The number of fused-ring (bicyclic) bond motifs is 1. The summed E-state index contributed by atoms with van der Waals surface area (Å²) in [6.45, 7) is 0.427. The van der Waals surface area contributed by atoms with Gasteiger partial charge < -0.3 is 37.1 Å². The van der Waals surface area contributed by atoms with Gasteiger partial charge in [0.05, 0.1) is 12.2 Å². The molecule has 3 aromatic heterocycles. The third-order valence-electron chi connectivity index (χ3n) is 6.00. The molecule has 0 saturated heterocycles. The number of nitrogen functional groups attached to an aromatic ring is 1. The molecule has 3 aromatic rings. The second-order valence-electron chi connectivity index (χ2n) is 8.34. The van der Waals surface area contributed by atoms with Gasteiger partial charge in [0, 0.05) is 47.6 Å². The molecule has 5 heterocycles. The van der Waals surface area contributed by atoms with Crippen molar-refractivity contribution in [3.8, 4) is 0 Å². The maximum absolute atomic E-state index is 13.7. The molecule has 36 heavy (non-hydrogen) atoms. The van der Waals surface area contributed by atoms with Crippen molar-refractivity contribution < 1.29 is 14.4 Å². The highest BCUT2D eigenvalue weighted by Crippen LogP contribution is 2.32. The number of rotatable bonds is 6. The van der Waals surface area contributed by atoms with E-state index in [-0.39, 0.29) is 42.4 Å². The smallest absolute Gasteiger partial charge is 0.279 e. The number of nitrogens with two attached hydrogens (primary N) is 2. The summed E-state index contributed by atoms with van der Waals surface area (Å²) in [5.41, 5.74) is 14.8. The first-order valence-corrected chi connectivity index (χ1v) is 11.9. The maximum Gasteiger partial charge on any atom is 0.279 e. The number of aromatic amines is 3. The van der Waals surface area contributed by atoms with Crippen molar-refractivity contribution in [2.45, 2.75) is 18.9 Å². The van der Waals surface area contributed by atoms with Crippen LogP contribution in [0.4, 0.5) is 5.95 Å². The Kier molecular flexibility index (Phi) is 6.10. The van der Waals surface area contributed by atoms with Gasteiger partial charge in [-0.3, -0.25) is 19.3 Å². The summed E-state index contributed by atoms with van der Waals surface area (Å²) >= 11 is 3.31. The van der Waals surface area contributed by atoms with Gasteiger partial charge in [0.15, 0.2) is 5.95 Å². The highest BCUT2D eigenvalue weighted by molar-refractivity contribution is 9.10. The molecular formula is C22H23BrN10O3. The van der Waals surface area contributed by atoms with Gasteiger partial charge in [-0.25, -0.2) is 9.98 Å². The molecular weight excluding hydrogens is 532 g/mol. The predicted molar refractivity (Wildman–Crippen MR) is 134 cm³/mol. The molecule has 3 amide bonds. The van der Waals surface area contributed by atoms with Crippen molar-refractivity contribution in [3.63, 3.8) is 0 Å². The number of imidazole rings is 1. The number of anilines is 1. The van der Waals surface area contributed by atoms with Gasteiger partial charge in [0.25, 0.3) is 17.7 Å². The second kappa shape index (κ2) is 9.37. The van der Waals surface area contributed by atoms with E-state index in [4.69, 9.17) is 11.5 Å². The van der Waals surface area contributed by atoms with E-state index in [1.54, 1.807) is 30.7 Å². The van der Waals surface area contributed by atoms with Gasteiger partial charge >= 0.3 is 0 Å². The lowest BCUT2D eigenvalue weighted by molar-refractivity contribution is -0.124. The van der Waals surface area contributed by atoms with Crippen LogP contribution in [0.1, 0.15) is 38.7 Å². The first kappa shape index (κ1) is 23.4. The molecule has 2 aliphatic heterocycles. The fourth-order valence-electron chi connectivity index (χ4n) is 4.36. The minimum absolute atomic E-state index is 0.00234. The Morgan fingerprint density at radius 2 is 2.11 bits per heavy atom. The van der Waals surface area contributed by atoms with E-state index in [0.29, 0.717) is 41.2 Å². The largest absolute Gasteiger partial charge is 0.369 e. The molecule has 5 rings (SSSR count). The standard InChI is InChI=1S/C22H23BrN10O3/c23-10-5-15(28-7-10)18(34)29-9-12(6-11-8-30-21(24)31-11)33-20(36)17(32-22(33)25)14-2-4-27-19(35)16-13(14)1-3-26-16/h1,3,5,7-8,12,26,28H,2,4,6,9H2,(H2,25,32)(H,27,35)(H,29,34)(H3,24,30,31)/b17-14-/t12-/m0/s1. The van der Waals surface area contributed by atoms with E-state index in [9.17, 15) is 14.4 Å². The van der Waals surface area contributed by atoms with Gasteiger partial charge in [0.2, 0.25) is 5.96 Å². The number of aromatic nitrogens is 4. The molecule has 9 N–H and O–H groups in total. The van der Waals surface area contributed by atoms with Crippen molar-refractivity contribution in [2.24, 2.45) is 10.7 Å². The Morgan fingerprint density at radius 1 is 1.28 bits per heavy atom. The molecule has 2 aliphatic rings. The third-order valence-corrected chi connectivity index (χ3v) is 6.46. The van der Waals surface area contributed by atoms with Crippen LogP contribution in [-0.4, -0.2) is 67.6 Å². The Morgan fingerprint density at radius 3 is 2.83 bits per heavy atom. The SMILES string of the molecule is NC1=N/C(=C2/CCNC(=O)c3[nH]ccc32)C(=O)N1[C@H](CNC(=O)c1cc(Br)c[nH]1)Cc1cnc(N)[nH]1. The van der Waals surface area contributed by atoms with Crippen LogP contribution in [-0.2, 0) is 11.2 Å². The van der Waals surface area contributed by atoms with E-state index >= 15 is 0 Å². The molecule has 0 radical (unpaired) electrons. The summed E-state index contributed by atoms with van der Waals surface area (Å²) in [6, 6.07) is 2.79. The predicted octanol–water partition coefficient (Wildman–Crippen LogP) is 0.453. The van der Waals surface area contributed by atoms with Crippen LogP contribution >= 0.6 is 15.9 Å². The van der Waals surface area contributed by atoms with Gasteiger partial charge in [-0.05, 0) is 40.1 Å². The average Bonchev–Trinajstić information content (AvgIpc) is 3.62. The van der Waals surface area contributed by atoms with Gasteiger partial charge in [0.1, 0.15) is 17.1 Å². The van der Waals surface area contributed by atoms with E-state index < -0.39 is 11.9 Å². The number of nitrogens with one attached hydrogen (secondary N) is 5. The van der Waals surface area contributed by atoms with Crippen LogP contribution in [0.5, 0.6) is 0 Å². The Balaban J connectivity index is 1.45. The van der Waals surface area contributed by atoms with Crippen LogP contribution in [0, 0.1) is 0 Å². The van der Waals surface area contributed by atoms with Crippen molar-refractivity contribution in [1.82, 2.24) is 35.5 Å². The number of carbonyl (C=O) groups excluding carboxylic acids is 3. The molecule has 1 atom stereocenters. The Hall–Kier alpha value is -4.33. The zero-order valence-corrected chi connectivity index (χ0v) is 20.5. The topological polar surface area (TPSA) is 203 Å². The van der Waals surface area contributed by atoms with E-state index in [0.717, 1.165) is 4.47 Å². The molecule has 0 unspecified atom stereocenters. The highest BCUT2D eigenvalue weighted by Gasteiger charge is 2.38. The number of halogens is 1. The lowest BCUT2D eigenvalue weighted by Crippen LogP contribution is -2.51. The summed E-state index contributed by atoms with van der Waals surface area (Å²) in [5.74, 6) is -0.785. The zero-order chi connectivity index (χ0) is 25.4. The molecule has 14 heteroatoms. The van der Waals surface area contributed by atoms with Crippen LogP contribution in [0.15, 0.2) is 45.9 Å². The van der Waals surface area contributed by atoms with Crippen molar-refractivity contribution in [3.05, 3.63) is 63.5 Å². The van der Waals surface area contributed by atoms with Crippen LogP contribution in [0.25, 0.3) is 5.57 Å². The molecule has 0 aliphatic carbocycles. The summed E-state index contributed by atoms with van der Waals surface area (Å²) < 4.78 is 0.736. The van der Waals surface area contributed by atoms with Crippen LogP contribution in [0.2, 0.25) is 0 Å². The van der Waals surface area contributed by atoms with Crippen LogP contribution < -0.4 is 22.1 Å². The van der Waals surface area contributed by atoms with E-state index in [1.165, 1.54) is 4.90 Å². The number of hydrogen-bond acceptors (Lipinski definition) is 7. The minimum Gasteiger partial charge on any atom is -0.369 e. The van der Waals surface area contributed by atoms with Gasteiger partial charge in [-0.2, -0.15) is 0 Å². The maximum atomic E-state index is 13.7. The summed E-state index contributed by atoms with van der Waals surface area (Å²) in [6.07, 6.45) is 5.53. The molecule has 186 valence electrons. The summed E-state index contributed by atoms with van der Waals surface area (Å²) in [5, 5.41) is 5.64. The molecule has 0 saturated carbocycles. The number of hydrogen-bond donors (Lipinski definition) is 7. The van der Waals surface area contributed by atoms with Gasteiger partial charge in [-0.1, -0.05) is 0 Å². The molecule has 13 nitrogen and oxygen atoms in total. The number of nitrogens with zero attached hydrogens (tertiary/aromatic N) is 3. The fourth-order valence-corrected chi connectivity index (χ4v) is 4.70. The van der Waals surface area contributed by atoms with Crippen molar-refractivity contribution in [1.29, 1.82) is 0 Å². The Bertz CT molecular complexity index is 1410. The van der Waals surface area contributed by atoms with Crippen LogP contribution in [0.3, 0.4) is 0 Å². The number of H-pyrrole nitrogens is 3. The monoisotopic (exact) mass is 554 g/mol. The lowest BCUT2D eigenvalue weighted by Gasteiger charge is -2.27. The highest BCUT2D eigenvalue weighted by atomic mass is 79.9. The minimum atomic E-state index is -0.599. The average molecular weight is 555 g/mol. The summed E-state index contributed by atoms with van der Waals surface area (Å²) in [7, 11) is 0. The van der Waals surface area contributed by atoms with Crippen molar-refractivity contribution >= 4 is 51.1 Å². The molecule has 0 bridgehead atoms. The quantitative estimate of drug-likeness (QED) is 0.215. The first-order chi connectivity index (χ1) is 17.3. The number of amides is 3. The summed E-state index contributed by atoms with van der Waals surface area (Å²) in [4.78, 5) is 57.2. The normalized spacial score (nSPS) is 18.5. The molecule has 0 fully saturated rings. The van der Waals surface area contributed by atoms with E-state index in [1.807, 2.05) is 0 Å². The van der Waals surface area contributed by atoms with Crippen molar-refractivity contribution in [2.75, 3.05) is 18.8 Å².